The summed E-state index contributed by atoms with van der Waals surface area (Å²) in [5.41, 5.74) is -0.448. The number of hydrogen-bond donors (Lipinski definition) is 1. The van der Waals surface area contributed by atoms with Crippen LogP contribution in [-0.4, -0.2) is 25.6 Å². The lowest BCUT2D eigenvalue weighted by atomic mass is 9.80. The summed E-state index contributed by atoms with van der Waals surface area (Å²) in [7, 11) is -4.59. The molecule has 10 heteroatoms. The van der Waals surface area contributed by atoms with Gasteiger partial charge in [0.1, 0.15) is 11.0 Å². The second-order valence-corrected chi connectivity index (χ2v) is 10.1. The quantitative estimate of drug-likeness (QED) is 0.270. The average molecular weight is 488 g/mol. The fourth-order valence-electron chi connectivity index (χ4n) is 3.61. The number of nitrogens with zero attached hydrogens (tertiary/aromatic N) is 1. The monoisotopic (exact) mass is 487 g/mol. The molecule has 0 aliphatic carbocycles. The van der Waals surface area contributed by atoms with Crippen molar-refractivity contribution in [3.63, 3.8) is 0 Å². The molecular weight excluding hydrogens is 459 g/mol. The van der Waals surface area contributed by atoms with Crippen LogP contribution < -0.4 is 0 Å². The molecule has 0 spiro atoms. The highest BCUT2D eigenvalue weighted by Crippen LogP contribution is 2.39. The van der Waals surface area contributed by atoms with E-state index in [1.807, 2.05) is 20.8 Å². The predicted molar refractivity (Wildman–Crippen MR) is 118 cm³/mol. The Labute approximate surface area is 192 Å². The molecular formula is C23H28F3NO5S. The predicted octanol–water partition coefficient (Wildman–Crippen LogP) is 6.25. The molecule has 0 aliphatic rings. The van der Waals surface area contributed by atoms with Gasteiger partial charge in [0, 0.05) is 5.56 Å². The summed E-state index contributed by atoms with van der Waals surface area (Å²) in [5.74, 6) is 0. The second kappa shape index (κ2) is 9.82. The Morgan fingerprint density at radius 3 is 2.00 bits per heavy atom. The molecule has 1 N–H and O–H groups in total. The van der Waals surface area contributed by atoms with E-state index in [2.05, 4.69) is 14.3 Å². The van der Waals surface area contributed by atoms with Crippen LogP contribution in [-0.2, 0) is 19.3 Å². The second-order valence-electron chi connectivity index (χ2n) is 8.64. The van der Waals surface area contributed by atoms with E-state index in [9.17, 15) is 26.8 Å². The molecule has 0 saturated carbocycles. The molecule has 2 aromatic rings. The summed E-state index contributed by atoms with van der Waals surface area (Å²) >= 11 is 0. The van der Waals surface area contributed by atoms with E-state index in [0.717, 1.165) is 17.7 Å². The molecule has 0 radical (unpaired) electrons. The Hall–Kier alpha value is -2.43. The lowest BCUT2D eigenvalue weighted by molar-refractivity contribution is -0.305. The first kappa shape index (κ1) is 26.8. The van der Waals surface area contributed by atoms with E-state index >= 15 is 0 Å². The van der Waals surface area contributed by atoms with Crippen LogP contribution in [0.4, 0.5) is 13.2 Å². The zero-order valence-electron chi connectivity index (χ0n) is 19.3. The Balaban J connectivity index is 2.46. The minimum Gasteiger partial charge on any atom is -0.264 e. The Morgan fingerprint density at radius 1 is 1.06 bits per heavy atom. The van der Waals surface area contributed by atoms with Gasteiger partial charge >= 0.3 is 16.3 Å². The fraction of sp³-hybridized carbons (Fsp3) is 0.435. The van der Waals surface area contributed by atoms with Crippen LogP contribution in [0.25, 0.3) is 0 Å². The molecule has 182 valence electrons. The Bertz CT molecular complexity index is 1100. The third-order valence-electron chi connectivity index (χ3n) is 5.56. The molecule has 1 atom stereocenters. The molecule has 0 amide bonds. The number of oxime groups is 1. The van der Waals surface area contributed by atoms with Crippen molar-refractivity contribution in [1.82, 2.24) is 0 Å². The average Bonchev–Trinajstić information content (AvgIpc) is 2.67. The summed E-state index contributed by atoms with van der Waals surface area (Å²) < 4.78 is 70.9. The van der Waals surface area contributed by atoms with E-state index in [1.54, 1.807) is 19.1 Å². The van der Waals surface area contributed by atoms with Crippen LogP contribution in [0.3, 0.4) is 0 Å². The van der Waals surface area contributed by atoms with Crippen molar-refractivity contribution in [2.45, 2.75) is 65.1 Å². The number of aryl methyl sites for hydroxylation is 3. The van der Waals surface area contributed by atoms with Crippen molar-refractivity contribution in [2.75, 3.05) is 0 Å². The summed E-state index contributed by atoms with van der Waals surface area (Å²) in [6.45, 7) is 10.4. The number of benzene rings is 2. The molecule has 2 aromatic carbocycles. The molecule has 0 saturated heterocycles. The van der Waals surface area contributed by atoms with Crippen molar-refractivity contribution >= 4 is 15.8 Å². The lowest BCUT2D eigenvalue weighted by Crippen LogP contribution is -2.26. The van der Waals surface area contributed by atoms with Gasteiger partial charge in [-0.25, -0.2) is 4.89 Å². The summed E-state index contributed by atoms with van der Waals surface area (Å²) in [5, 5.41) is 12.3. The summed E-state index contributed by atoms with van der Waals surface area (Å²) in [6.07, 6.45) is -5.12. The normalized spacial score (nSPS) is 14.3. The van der Waals surface area contributed by atoms with Crippen LogP contribution in [0.15, 0.2) is 46.4 Å². The Kier molecular flexibility index (Phi) is 7.98. The van der Waals surface area contributed by atoms with E-state index in [4.69, 9.17) is 0 Å². The number of hydrogen-bond acceptors (Lipinski definition) is 6. The minimum absolute atomic E-state index is 0.224. The molecule has 0 heterocycles. The van der Waals surface area contributed by atoms with E-state index < -0.39 is 39.1 Å². The van der Waals surface area contributed by atoms with Gasteiger partial charge in [-0.15, -0.1) is 0 Å². The van der Waals surface area contributed by atoms with Crippen molar-refractivity contribution in [2.24, 2.45) is 10.6 Å². The zero-order valence-corrected chi connectivity index (χ0v) is 20.1. The van der Waals surface area contributed by atoms with Crippen LogP contribution >= 0.6 is 0 Å². The molecule has 0 aromatic heterocycles. The third kappa shape index (κ3) is 6.13. The van der Waals surface area contributed by atoms with Gasteiger partial charge in [0.15, 0.2) is 5.71 Å². The maximum Gasteiger partial charge on any atom is 0.437 e. The molecule has 0 fully saturated rings. The van der Waals surface area contributed by atoms with Crippen molar-refractivity contribution in [3.05, 3.63) is 64.2 Å². The first-order valence-electron chi connectivity index (χ1n) is 10.2. The van der Waals surface area contributed by atoms with Gasteiger partial charge < -0.3 is 0 Å². The van der Waals surface area contributed by atoms with Gasteiger partial charge in [-0.2, -0.15) is 21.6 Å². The first-order chi connectivity index (χ1) is 15.1. The van der Waals surface area contributed by atoms with Crippen LogP contribution in [0.1, 0.15) is 61.1 Å². The van der Waals surface area contributed by atoms with Crippen LogP contribution in [0.5, 0.6) is 0 Å². The van der Waals surface area contributed by atoms with Crippen molar-refractivity contribution in [1.29, 1.82) is 0 Å². The summed E-state index contributed by atoms with van der Waals surface area (Å²) in [6, 6.07) is 8.15. The smallest absolute Gasteiger partial charge is 0.264 e. The number of rotatable bonds is 8. The van der Waals surface area contributed by atoms with E-state index in [0.29, 0.717) is 23.1 Å². The molecule has 6 nitrogen and oxygen atoms in total. The first-order valence-corrected chi connectivity index (χ1v) is 11.6. The number of alkyl halides is 3. The van der Waals surface area contributed by atoms with E-state index in [-0.39, 0.29) is 4.90 Å². The fourth-order valence-corrected chi connectivity index (χ4v) is 4.76. The van der Waals surface area contributed by atoms with Crippen molar-refractivity contribution in [3.8, 4) is 0 Å². The molecule has 0 aliphatic heterocycles. The van der Waals surface area contributed by atoms with E-state index in [1.165, 1.54) is 26.0 Å². The molecule has 1 unspecified atom stereocenters. The maximum absolute atomic E-state index is 13.7. The molecule has 0 bridgehead atoms. The van der Waals surface area contributed by atoms with Crippen LogP contribution in [0.2, 0.25) is 0 Å². The van der Waals surface area contributed by atoms with Gasteiger partial charge in [0.05, 0.1) is 0 Å². The minimum atomic E-state index is -4.98. The summed E-state index contributed by atoms with van der Waals surface area (Å²) in [4.78, 5) is 4.35. The highest BCUT2D eigenvalue weighted by atomic mass is 32.2. The Morgan fingerprint density at radius 2 is 1.58 bits per heavy atom. The SMILES string of the molecule is CCC(C)(C)C(OO)c1ccc(/C(=N\OS(=O)(=O)c2c(C)cc(C)cc2C)C(F)(F)F)cc1. The lowest BCUT2D eigenvalue weighted by Gasteiger charge is -2.31. The molecule has 33 heavy (non-hydrogen) atoms. The standard InChI is InChI=1S/C23H28F3NO5S/c1-7-22(5,6)21(31-28)18-10-8-17(9-11-18)20(23(24,25)26)27-32-33(29,30)19-15(3)12-14(2)13-16(19)4/h8-13,21,28H,7H2,1-6H3/b27-20+. The zero-order chi connectivity index (χ0) is 25.2. The van der Waals surface area contributed by atoms with Gasteiger partial charge in [-0.05, 0) is 49.3 Å². The maximum atomic E-state index is 13.7. The topological polar surface area (TPSA) is 85.2 Å². The van der Waals surface area contributed by atoms with Gasteiger partial charge in [-0.1, -0.05) is 67.9 Å². The molecule has 2 rings (SSSR count). The van der Waals surface area contributed by atoms with Gasteiger partial charge in [0.25, 0.3) is 0 Å². The van der Waals surface area contributed by atoms with Crippen molar-refractivity contribution < 1.29 is 36.0 Å². The largest absolute Gasteiger partial charge is 0.437 e. The highest BCUT2D eigenvalue weighted by molar-refractivity contribution is 7.86. The van der Waals surface area contributed by atoms with Crippen LogP contribution in [0, 0.1) is 26.2 Å². The van der Waals surface area contributed by atoms with Gasteiger partial charge in [0.2, 0.25) is 0 Å². The number of halogens is 3. The highest BCUT2D eigenvalue weighted by Gasteiger charge is 2.39. The third-order valence-corrected chi connectivity index (χ3v) is 6.98. The van der Waals surface area contributed by atoms with Gasteiger partial charge in [-0.3, -0.25) is 9.54 Å².